The second-order valence-electron chi connectivity index (χ2n) is 4.42. The summed E-state index contributed by atoms with van der Waals surface area (Å²) in [5.74, 6) is 2.04. The minimum atomic E-state index is -0.136. The maximum absolute atomic E-state index is 11.7. The summed E-state index contributed by atoms with van der Waals surface area (Å²) in [4.78, 5) is 11.7. The lowest BCUT2D eigenvalue weighted by molar-refractivity contribution is -0.685. The number of carbonyl (C=O) groups is 1. The van der Waals surface area contributed by atoms with E-state index >= 15 is 0 Å². The van der Waals surface area contributed by atoms with E-state index in [4.69, 9.17) is 14.2 Å². The Balaban J connectivity index is 2.08. The summed E-state index contributed by atoms with van der Waals surface area (Å²) in [6, 6.07) is 5.72. The van der Waals surface area contributed by atoms with Gasteiger partial charge in [0.2, 0.25) is 0 Å². The van der Waals surface area contributed by atoms with Crippen molar-refractivity contribution in [3.63, 3.8) is 0 Å². The molecule has 1 aromatic carbocycles. The van der Waals surface area contributed by atoms with Crippen molar-refractivity contribution in [2.24, 2.45) is 0 Å². The van der Waals surface area contributed by atoms with Crippen LogP contribution in [0, 0.1) is 0 Å². The molecular formula is C14H20NO4S+. The van der Waals surface area contributed by atoms with Gasteiger partial charge in [-0.1, -0.05) is 11.8 Å². The fraction of sp³-hybridized carbons (Fsp3) is 0.500. The molecule has 1 heterocycles. The van der Waals surface area contributed by atoms with Crippen LogP contribution in [0.5, 0.6) is 11.5 Å². The fourth-order valence-electron chi connectivity index (χ4n) is 2.16. The predicted molar refractivity (Wildman–Crippen MR) is 77.1 cm³/mol. The van der Waals surface area contributed by atoms with E-state index in [9.17, 15) is 4.79 Å². The second-order valence-corrected chi connectivity index (χ2v) is 5.59. The quantitative estimate of drug-likeness (QED) is 0.820. The van der Waals surface area contributed by atoms with E-state index in [1.165, 1.54) is 0 Å². The van der Waals surface area contributed by atoms with Gasteiger partial charge in [-0.3, -0.25) is 0 Å². The number of rotatable bonds is 5. The van der Waals surface area contributed by atoms with E-state index in [2.05, 4.69) is 0 Å². The highest BCUT2D eigenvalue weighted by molar-refractivity contribution is 7.99. The Morgan fingerprint density at radius 1 is 1.35 bits per heavy atom. The monoisotopic (exact) mass is 298 g/mol. The standard InChI is InChI=1S/C14H19NO4S/c1-4-19-14(16)10-8-20-13(15-10)9-5-6-11(17-2)12(7-9)18-3/h5-7,10,13,15H,4,8H2,1-3H3/p+1. The molecule has 0 radical (unpaired) electrons. The number of hydrogen-bond acceptors (Lipinski definition) is 5. The summed E-state index contributed by atoms with van der Waals surface area (Å²) in [5, 5.41) is 2.23. The van der Waals surface area contributed by atoms with Crippen LogP contribution >= 0.6 is 11.8 Å². The smallest absolute Gasteiger partial charge is 0.365 e. The van der Waals surface area contributed by atoms with E-state index in [1.54, 1.807) is 26.0 Å². The number of nitrogens with two attached hydrogens (primary N) is 1. The molecule has 20 heavy (non-hydrogen) atoms. The van der Waals surface area contributed by atoms with Crippen LogP contribution in [0.15, 0.2) is 18.2 Å². The molecule has 0 amide bonds. The van der Waals surface area contributed by atoms with Crippen LogP contribution in [0.2, 0.25) is 0 Å². The molecule has 1 aliphatic heterocycles. The van der Waals surface area contributed by atoms with Crippen LogP contribution < -0.4 is 14.8 Å². The molecule has 2 atom stereocenters. The minimum Gasteiger partial charge on any atom is -0.493 e. The molecule has 110 valence electrons. The van der Waals surface area contributed by atoms with E-state index < -0.39 is 0 Å². The minimum absolute atomic E-state index is 0.127. The molecule has 0 bridgehead atoms. The highest BCUT2D eigenvalue weighted by atomic mass is 32.2. The molecule has 6 heteroatoms. The zero-order chi connectivity index (χ0) is 14.5. The number of ether oxygens (including phenoxy) is 3. The number of thioether (sulfide) groups is 1. The number of carbonyl (C=O) groups excluding carboxylic acids is 1. The molecule has 2 N–H and O–H groups in total. The maximum Gasteiger partial charge on any atom is 0.365 e. The lowest BCUT2D eigenvalue weighted by atomic mass is 10.2. The van der Waals surface area contributed by atoms with Crippen LogP contribution in [-0.4, -0.2) is 38.6 Å². The van der Waals surface area contributed by atoms with Gasteiger partial charge in [-0.15, -0.1) is 0 Å². The van der Waals surface area contributed by atoms with E-state index in [1.807, 2.05) is 30.4 Å². The van der Waals surface area contributed by atoms with Gasteiger partial charge in [-0.05, 0) is 25.1 Å². The molecular weight excluding hydrogens is 278 g/mol. The maximum atomic E-state index is 11.7. The van der Waals surface area contributed by atoms with Crippen LogP contribution in [0.25, 0.3) is 0 Å². The molecule has 1 fully saturated rings. The lowest BCUT2D eigenvalue weighted by Crippen LogP contribution is -2.89. The van der Waals surface area contributed by atoms with E-state index in [0.29, 0.717) is 18.1 Å². The summed E-state index contributed by atoms with van der Waals surface area (Å²) in [6.45, 7) is 2.25. The average molecular weight is 298 g/mol. The Labute approximate surface area is 123 Å². The molecule has 0 saturated carbocycles. The van der Waals surface area contributed by atoms with Gasteiger partial charge >= 0.3 is 5.97 Å². The first-order valence-corrected chi connectivity index (χ1v) is 7.59. The Morgan fingerprint density at radius 3 is 2.75 bits per heavy atom. The highest BCUT2D eigenvalue weighted by Crippen LogP contribution is 2.34. The Kier molecular flexibility index (Phi) is 5.14. The summed E-state index contributed by atoms with van der Waals surface area (Å²) in [7, 11) is 3.24. The third-order valence-electron chi connectivity index (χ3n) is 3.19. The molecule has 0 aromatic heterocycles. The lowest BCUT2D eigenvalue weighted by Gasteiger charge is -2.13. The molecule has 5 nitrogen and oxygen atoms in total. The zero-order valence-corrected chi connectivity index (χ0v) is 12.7. The third-order valence-corrected chi connectivity index (χ3v) is 4.53. The van der Waals surface area contributed by atoms with Gasteiger partial charge in [0.25, 0.3) is 0 Å². The van der Waals surface area contributed by atoms with Crippen LogP contribution in [0.3, 0.4) is 0 Å². The van der Waals surface area contributed by atoms with E-state index in [-0.39, 0.29) is 17.4 Å². The molecule has 1 aliphatic rings. The molecule has 1 aromatic rings. The molecule has 0 aliphatic carbocycles. The summed E-state index contributed by atoms with van der Waals surface area (Å²) in [5.41, 5.74) is 1.11. The highest BCUT2D eigenvalue weighted by Gasteiger charge is 2.36. The topological polar surface area (TPSA) is 61.4 Å². The van der Waals surface area contributed by atoms with Gasteiger partial charge in [0.05, 0.1) is 26.6 Å². The van der Waals surface area contributed by atoms with Crippen LogP contribution in [0.4, 0.5) is 0 Å². The molecule has 1 saturated heterocycles. The predicted octanol–water partition coefficient (Wildman–Crippen LogP) is 0.944. The number of benzene rings is 1. The number of esters is 1. The summed E-state index contributed by atoms with van der Waals surface area (Å²) >= 11 is 1.74. The van der Waals surface area contributed by atoms with Crippen molar-refractivity contribution in [1.29, 1.82) is 0 Å². The van der Waals surface area contributed by atoms with Crippen molar-refractivity contribution in [3.8, 4) is 11.5 Å². The normalized spacial score (nSPS) is 21.6. The average Bonchev–Trinajstić information content (AvgIpc) is 2.96. The SMILES string of the molecule is CCOC(=O)C1CSC(c2ccc(OC)c(OC)c2)[NH2+]1. The Hall–Kier alpha value is -1.40. The number of quaternary nitrogens is 1. The largest absolute Gasteiger partial charge is 0.493 e. The van der Waals surface area contributed by atoms with Crippen LogP contribution in [0.1, 0.15) is 17.9 Å². The van der Waals surface area contributed by atoms with Crippen molar-refractivity contribution in [3.05, 3.63) is 23.8 Å². The summed E-state index contributed by atoms with van der Waals surface area (Å²) in [6.07, 6.45) is 0. The molecule has 2 unspecified atom stereocenters. The first-order chi connectivity index (χ1) is 9.69. The van der Waals surface area contributed by atoms with Gasteiger partial charge in [-0.2, -0.15) is 0 Å². The fourth-order valence-corrected chi connectivity index (χ4v) is 3.46. The van der Waals surface area contributed by atoms with Crippen molar-refractivity contribution < 1.29 is 24.3 Å². The van der Waals surface area contributed by atoms with Gasteiger partial charge in [0.1, 0.15) is 0 Å². The van der Waals surface area contributed by atoms with Crippen molar-refractivity contribution in [1.82, 2.24) is 0 Å². The third kappa shape index (κ3) is 3.19. The van der Waals surface area contributed by atoms with Crippen molar-refractivity contribution in [2.45, 2.75) is 18.3 Å². The first kappa shape index (κ1) is 15.0. The molecule has 2 rings (SSSR count). The van der Waals surface area contributed by atoms with Crippen molar-refractivity contribution in [2.75, 3.05) is 26.6 Å². The Morgan fingerprint density at radius 2 is 2.10 bits per heavy atom. The Bertz CT molecular complexity index is 480. The molecule has 0 spiro atoms. The van der Waals surface area contributed by atoms with E-state index in [0.717, 1.165) is 11.3 Å². The van der Waals surface area contributed by atoms with Crippen molar-refractivity contribution >= 4 is 17.7 Å². The first-order valence-electron chi connectivity index (χ1n) is 6.54. The zero-order valence-electron chi connectivity index (χ0n) is 11.9. The number of methoxy groups -OCH3 is 2. The summed E-state index contributed by atoms with van der Waals surface area (Å²) < 4.78 is 15.6. The van der Waals surface area contributed by atoms with Gasteiger partial charge in [-0.25, -0.2) is 4.79 Å². The second kappa shape index (κ2) is 6.85. The van der Waals surface area contributed by atoms with Gasteiger partial charge in [0.15, 0.2) is 22.9 Å². The van der Waals surface area contributed by atoms with Crippen LogP contribution in [-0.2, 0) is 9.53 Å². The van der Waals surface area contributed by atoms with Gasteiger partial charge < -0.3 is 19.5 Å². The number of hydrogen-bond donors (Lipinski definition) is 1. The van der Waals surface area contributed by atoms with Gasteiger partial charge in [0, 0.05) is 5.56 Å².